The number of ether oxygens (including phenoxy) is 1. The highest BCUT2D eigenvalue weighted by Gasteiger charge is 2.19. The molecular weight excluding hydrogens is 320 g/mol. The van der Waals surface area contributed by atoms with E-state index in [4.69, 9.17) is 4.74 Å². The fourth-order valence-electron chi connectivity index (χ4n) is 2.40. The van der Waals surface area contributed by atoms with Crippen LogP contribution in [0.2, 0.25) is 0 Å². The average Bonchev–Trinajstić information content (AvgIpc) is 2.61. The molecule has 1 amide bonds. The minimum atomic E-state index is 0.0981. The van der Waals surface area contributed by atoms with Crippen molar-refractivity contribution in [1.29, 1.82) is 0 Å². The van der Waals surface area contributed by atoms with Gasteiger partial charge in [0.15, 0.2) is 0 Å². The second-order valence-corrected chi connectivity index (χ2v) is 5.80. The summed E-state index contributed by atoms with van der Waals surface area (Å²) in [6.07, 6.45) is 2.56. The molecule has 0 radical (unpaired) electrons. The van der Waals surface area contributed by atoms with Crippen LogP contribution in [0.15, 0.2) is 22.7 Å². The van der Waals surface area contributed by atoms with Crippen LogP contribution in [0.3, 0.4) is 0 Å². The first kappa shape index (κ1) is 15.3. The molecule has 2 rings (SSSR count). The van der Waals surface area contributed by atoms with E-state index >= 15 is 0 Å². The fraction of sp³-hybridized carbons (Fsp3) is 0.533. The van der Waals surface area contributed by atoms with Gasteiger partial charge in [-0.25, -0.2) is 0 Å². The quantitative estimate of drug-likeness (QED) is 0.866. The molecule has 0 bridgehead atoms. The summed E-state index contributed by atoms with van der Waals surface area (Å²) < 4.78 is 6.80. The van der Waals surface area contributed by atoms with Crippen molar-refractivity contribution in [2.45, 2.75) is 32.2 Å². The molecule has 0 saturated carbocycles. The van der Waals surface area contributed by atoms with Gasteiger partial charge in [0, 0.05) is 35.6 Å². The van der Waals surface area contributed by atoms with Crippen LogP contribution in [-0.2, 0) is 4.79 Å². The number of carbonyl (C=O) groups is 1. The van der Waals surface area contributed by atoms with Crippen LogP contribution >= 0.6 is 15.9 Å². The number of hydrogen-bond donors (Lipinski definition) is 2. The van der Waals surface area contributed by atoms with Gasteiger partial charge in [0.05, 0.1) is 6.61 Å². The van der Waals surface area contributed by atoms with Crippen LogP contribution in [0.1, 0.15) is 37.8 Å². The van der Waals surface area contributed by atoms with E-state index in [2.05, 4.69) is 32.6 Å². The van der Waals surface area contributed by atoms with E-state index in [-0.39, 0.29) is 11.9 Å². The highest BCUT2D eigenvalue weighted by Crippen LogP contribution is 2.33. The van der Waals surface area contributed by atoms with Gasteiger partial charge in [-0.2, -0.15) is 0 Å². The van der Waals surface area contributed by atoms with Gasteiger partial charge in [-0.3, -0.25) is 4.79 Å². The summed E-state index contributed by atoms with van der Waals surface area (Å²) in [5.41, 5.74) is 1.18. The summed E-state index contributed by atoms with van der Waals surface area (Å²) in [6.45, 7) is 4.05. The Hall–Kier alpha value is -1.07. The van der Waals surface area contributed by atoms with Crippen molar-refractivity contribution in [3.63, 3.8) is 0 Å². The number of hydrogen-bond acceptors (Lipinski definition) is 3. The van der Waals surface area contributed by atoms with Crippen molar-refractivity contribution in [3.8, 4) is 5.75 Å². The van der Waals surface area contributed by atoms with Gasteiger partial charge in [-0.1, -0.05) is 22.0 Å². The standard InChI is InChI=1S/C15H21BrN2O2/c1-2-17-15(19)7-8-18-13-4-3-9-20-14-10-11(16)5-6-12(13)14/h5-6,10,13,18H,2-4,7-9H2,1H3,(H,17,19). The van der Waals surface area contributed by atoms with Gasteiger partial charge < -0.3 is 15.4 Å². The third kappa shape index (κ3) is 4.21. The van der Waals surface area contributed by atoms with Crippen LogP contribution in [0, 0.1) is 0 Å². The number of fused-ring (bicyclic) bond motifs is 1. The zero-order chi connectivity index (χ0) is 14.4. The maximum atomic E-state index is 11.5. The van der Waals surface area contributed by atoms with Crippen LogP contribution in [0.25, 0.3) is 0 Å². The summed E-state index contributed by atoms with van der Waals surface area (Å²) in [7, 11) is 0. The zero-order valence-electron chi connectivity index (χ0n) is 11.7. The van der Waals surface area contributed by atoms with Gasteiger partial charge in [-0.15, -0.1) is 0 Å². The molecule has 1 unspecified atom stereocenters. The second-order valence-electron chi connectivity index (χ2n) is 4.88. The van der Waals surface area contributed by atoms with Gasteiger partial charge in [0.2, 0.25) is 5.91 Å². The maximum absolute atomic E-state index is 11.5. The topological polar surface area (TPSA) is 50.4 Å². The monoisotopic (exact) mass is 340 g/mol. The van der Waals surface area contributed by atoms with Crippen LogP contribution in [0.4, 0.5) is 0 Å². The minimum Gasteiger partial charge on any atom is -0.493 e. The molecule has 1 atom stereocenters. The first-order valence-electron chi connectivity index (χ1n) is 7.13. The molecule has 0 spiro atoms. The van der Waals surface area contributed by atoms with E-state index < -0.39 is 0 Å². The molecule has 1 aromatic rings. The van der Waals surface area contributed by atoms with Crippen molar-refractivity contribution in [1.82, 2.24) is 10.6 Å². The predicted octanol–water partition coefficient (Wildman–Crippen LogP) is 2.78. The lowest BCUT2D eigenvalue weighted by atomic mass is 10.0. The molecule has 4 nitrogen and oxygen atoms in total. The third-order valence-electron chi connectivity index (χ3n) is 3.36. The average molecular weight is 341 g/mol. The first-order chi connectivity index (χ1) is 9.70. The van der Waals surface area contributed by atoms with E-state index in [0.29, 0.717) is 19.5 Å². The lowest BCUT2D eigenvalue weighted by molar-refractivity contribution is -0.120. The van der Waals surface area contributed by atoms with Gasteiger partial charge >= 0.3 is 0 Å². The third-order valence-corrected chi connectivity index (χ3v) is 3.86. The zero-order valence-corrected chi connectivity index (χ0v) is 13.3. The number of halogens is 1. The minimum absolute atomic E-state index is 0.0981. The molecule has 1 aliphatic rings. The van der Waals surface area contributed by atoms with E-state index in [9.17, 15) is 4.79 Å². The van der Waals surface area contributed by atoms with Crippen LogP contribution < -0.4 is 15.4 Å². The molecule has 2 N–H and O–H groups in total. The maximum Gasteiger partial charge on any atom is 0.221 e. The van der Waals surface area contributed by atoms with Gasteiger partial charge in [0.25, 0.3) is 0 Å². The van der Waals surface area contributed by atoms with Crippen molar-refractivity contribution < 1.29 is 9.53 Å². The van der Waals surface area contributed by atoms with Crippen molar-refractivity contribution in [2.24, 2.45) is 0 Å². The molecular formula is C15H21BrN2O2. The SMILES string of the molecule is CCNC(=O)CCNC1CCCOc2cc(Br)ccc21. The van der Waals surface area contributed by atoms with Gasteiger partial charge in [-0.05, 0) is 31.9 Å². The number of rotatable bonds is 5. The lowest BCUT2D eigenvalue weighted by Gasteiger charge is -2.18. The van der Waals surface area contributed by atoms with Gasteiger partial charge in [0.1, 0.15) is 5.75 Å². The van der Waals surface area contributed by atoms with Crippen LogP contribution in [-0.4, -0.2) is 25.6 Å². The molecule has 0 aromatic heterocycles. The lowest BCUT2D eigenvalue weighted by Crippen LogP contribution is -2.29. The Labute approximate surface area is 128 Å². The van der Waals surface area contributed by atoms with E-state index in [1.54, 1.807) is 0 Å². The highest BCUT2D eigenvalue weighted by molar-refractivity contribution is 9.10. The molecule has 5 heteroatoms. The van der Waals surface area contributed by atoms with E-state index in [1.807, 2.05) is 19.1 Å². The molecule has 1 heterocycles. The molecule has 1 aliphatic heterocycles. The van der Waals surface area contributed by atoms with Crippen molar-refractivity contribution in [3.05, 3.63) is 28.2 Å². The number of nitrogens with one attached hydrogen (secondary N) is 2. The Morgan fingerprint density at radius 2 is 2.35 bits per heavy atom. The Balaban J connectivity index is 1.96. The summed E-state index contributed by atoms with van der Waals surface area (Å²) in [5.74, 6) is 1.04. The number of benzene rings is 1. The van der Waals surface area contributed by atoms with Crippen LogP contribution in [0.5, 0.6) is 5.75 Å². The summed E-state index contributed by atoms with van der Waals surface area (Å²) >= 11 is 3.47. The fourth-order valence-corrected chi connectivity index (χ4v) is 2.74. The Morgan fingerprint density at radius 1 is 1.50 bits per heavy atom. The molecule has 0 aliphatic carbocycles. The Bertz CT molecular complexity index is 465. The van der Waals surface area contributed by atoms with E-state index in [1.165, 1.54) is 5.56 Å². The second kappa shape index (κ2) is 7.64. The van der Waals surface area contributed by atoms with E-state index in [0.717, 1.165) is 29.7 Å². The Kier molecular flexibility index (Phi) is 5.86. The molecule has 1 aromatic carbocycles. The summed E-state index contributed by atoms with van der Waals surface area (Å²) in [4.78, 5) is 11.5. The molecule has 110 valence electrons. The van der Waals surface area contributed by atoms with Crippen molar-refractivity contribution in [2.75, 3.05) is 19.7 Å². The van der Waals surface area contributed by atoms with Crippen molar-refractivity contribution >= 4 is 21.8 Å². The number of carbonyl (C=O) groups excluding carboxylic acids is 1. The predicted molar refractivity (Wildman–Crippen MR) is 82.9 cm³/mol. The molecule has 20 heavy (non-hydrogen) atoms. The molecule has 0 fully saturated rings. The highest BCUT2D eigenvalue weighted by atomic mass is 79.9. The normalized spacial score (nSPS) is 17.8. The summed E-state index contributed by atoms with van der Waals surface area (Å²) in [6, 6.07) is 6.40. The number of amides is 1. The smallest absolute Gasteiger partial charge is 0.221 e. The largest absolute Gasteiger partial charge is 0.493 e. The summed E-state index contributed by atoms with van der Waals surface area (Å²) in [5, 5.41) is 6.28. The Morgan fingerprint density at radius 3 is 3.15 bits per heavy atom. The first-order valence-corrected chi connectivity index (χ1v) is 7.92. The molecule has 0 saturated heterocycles.